The second-order valence-corrected chi connectivity index (χ2v) is 4.99. The van der Waals surface area contributed by atoms with Gasteiger partial charge < -0.3 is 16.0 Å². The zero-order valence-corrected chi connectivity index (χ0v) is 12.3. The highest BCUT2D eigenvalue weighted by molar-refractivity contribution is 5.83. The van der Waals surface area contributed by atoms with Crippen LogP contribution in [0.4, 0.5) is 5.82 Å². The number of anilines is 1. The Labute approximate surface area is 124 Å². The second-order valence-electron chi connectivity index (χ2n) is 4.99. The number of nitrogens with one attached hydrogen (secondary N) is 1. The van der Waals surface area contributed by atoms with E-state index < -0.39 is 6.04 Å². The molecule has 2 rings (SSSR count). The van der Waals surface area contributed by atoms with Crippen LogP contribution >= 0.6 is 0 Å². The maximum atomic E-state index is 12.1. The van der Waals surface area contributed by atoms with Gasteiger partial charge in [0.25, 0.3) is 0 Å². The topological polar surface area (TPSA) is 71.2 Å². The van der Waals surface area contributed by atoms with E-state index in [4.69, 9.17) is 5.73 Å². The van der Waals surface area contributed by atoms with Gasteiger partial charge in [-0.05, 0) is 11.6 Å². The molecule has 3 N–H and O–H groups in total. The number of nitrogens with zero attached hydrogens (tertiary/aromatic N) is 2. The van der Waals surface area contributed by atoms with Crippen LogP contribution in [0, 0.1) is 0 Å². The summed E-state index contributed by atoms with van der Waals surface area (Å²) in [7, 11) is 3.84. The Kier molecular flexibility index (Phi) is 4.90. The summed E-state index contributed by atoms with van der Waals surface area (Å²) in [6.45, 7) is 0.403. The highest BCUT2D eigenvalue weighted by atomic mass is 16.2. The lowest BCUT2D eigenvalue weighted by atomic mass is 10.1. The van der Waals surface area contributed by atoms with E-state index in [1.165, 1.54) is 0 Å². The van der Waals surface area contributed by atoms with Crippen LogP contribution in [0.3, 0.4) is 0 Å². The van der Waals surface area contributed by atoms with Crippen molar-refractivity contribution in [2.24, 2.45) is 5.73 Å². The fourth-order valence-corrected chi connectivity index (χ4v) is 2.07. The molecule has 1 amide bonds. The van der Waals surface area contributed by atoms with Crippen LogP contribution in [-0.4, -0.2) is 25.0 Å². The third kappa shape index (κ3) is 3.79. The molecule has 0 saturated carbocycles. The lowest BCUT2D eigenvalue weighted by Gasteiger charge is -2.17. The molecule has 0 spiro atoms. The van der Waals surface area contributed by atoms with Gasteiger partial charge in [-0.3, -0.25) is 4.79 Å². The molecule has 0 aliphatic carbocycles. The van der Waals surface area contributed by atoms with Crippen LogP contribution in [0.1, 0.15) is 17.2 Å². The number of amides is 1. The number of benzene rings is 1. The Hall–Kier alpha value is -2.40. The average Bonchev–Trinajstić information content (AvgIpc) is 2.52. The van der Waals surface area contributed by atoms with Crippen LogP contribution in [0.25, 0.3) is 0 Å². The van der Waals surface area contributed by atoms with E-state index >= 15 is 0 Å². The van der Waals surface area contributed by atoms with Gasteiger partial charge in [0.1, 0.15) is 11.9 Å². The Morgan fingerprint density at radius 2 is 1.95 bits per heavy atom. The summed E-state index contributed by atoms with van der Waals surface area (Å²) < 4.78 is 0. The maximum absolute atomic E-state index is 12.1. The van der Waals surface area contributed by atoms with E-state index in [9.17, 15) is 4.79 Å². The Balaban J connectivity index is 2.02. The monoisotopic (exact) mass is 284 g/mol. The van der Waals surface area contributed by atoms with E-state index in [-0.39, 0.29) is 5.91 Å². The largest absolute Gasteiger partial charge is 0.362 e. The first-order valence-electron chi connectivity index (χ1n) is 6.79. The third-order valence-electron chi connectivity index (χ3n) is 3.19. The summed E-state index contributed by atoms with van der Waals surface area (Å²) in [4.78, 5) is 18.3. The molecular weight excluding hydrogens is 264 g/mol. The fraction of sp³-hybridized carbons (Fsp3) is 0.250. The number of rotatable bonds is 5. The van der Waals surface area contributed by atoms with Gasteiger partial charge in [-0.2, -0.15) is 0 Å². The number of nitrogens with two attached hydrogens (primary N) is 1. The molecule has 21 heavy (non-hydrogen) atoms. The molecule has 0 aliphatic heterocycles. The van der Waals surface area contributed by atoms with Crippen molar-refractivity contribution in [2.75, 3.05) is 19.0 Å². The Morgan fingerprint density at radius 1 is 1.24 bits per heavy atom. The zero-order chi connectivity index (χ0) is 15.2. The molecule has 0 saturated heterocycles. The van der Waals surface area contributed by atoms with Crippen LogP contribution in [0.5, 0.6) is 0 Å². The third-order valence-corrected chi connectivity index (χ3v) is 3.19. The maximum Gasteiger partial charge on any atom is 0.241 e. The number of carbonyl (C=O) groups is 1. The quantitative estimate of drug-likeness (QED) is 0.872. The van der Waals surface area contributed by atoms with Crippen molar-refractivity contribution in [3.05, 3.63) is 59.8 Å². The van der Waals surface area contributed by atoms with Crippen molar-refractivity contribution >= 4 is 11.7 Å². The van der Waals surface area contributed by atoms with E-state index in [0.717, 1.165) is 16.9 Å². The minimum atomic E-state index is -0.661. The molecule has 5 heteroatoms. The van der Waals surface area contributed by atoms with Crippen LogP contribution in [0.2, 0.25) is 0 Å². The fourth-order valence-electron chi connectivity index (χ4n) is 2.07. The van der Waals surface area contributed by atoms with E-state index in [1.54, 1.807) is 6.20 Å². The van der Waals surface area contributed by atoms with Gasteiger partial charge >= 0.3 is 0 Å². The van der Waals surface area contributed by atoms with Gasteiger partial charge in [0.05, 0.1) is 0 Å². The van der Waals surface area contributed by atoms with Gasteiger partial charge in [0.2, 0.25) is 5.91 Å². The minimum absolute atomic E-state index is 0.199. The van der Waals surface area contributed by atoms with Crippen LogP contribution < -0.4 is 16.0 Å². The lowest BCUT2D eigenvalue weighted by Crippen LogP contribution is -2.34. The molecule has 110 valence electrons. The predicted molar refractivity (Wildman–Crippen MR) is 83.8 cm³/mol. The van der Waals surface area contributed by atoms with Gasteiger partial charge in [-0.25, -0.2) is 4.98 Å². The molecule has 2 aromatic rings. The molecule has 0 fully saturated rings. The highest BCUT2D eigenvalue weighted by Crippen LogP contribution is 2.15. The number of carbonyl (C=O) groups excluding carboxylic acids is 1. The van der Waals surface area contributed by atoms with Crippen LogP contribution in [-0.2, 0) is 11.3 Å². The number of hydrogen-bond acceptors (Lipinski definition) is 4. The molecule has 0 bridgehead atoms. The lowest BCUT2D eigenvalue weighted by molar-refractivity contribution is -0.122. The van der Waals surface area contributed by atoms with Gasteiger partial charge in [-0.15, -0.1) is 0 Å². The standard InChI is InChI=1S/C16H20N4O/c1-20(2)15-13(9-6-10-18-15)11-19-16(21)14(17)12-7-4-3-5-8-12/h3-10,14H,11,17H2,1-2H3,(H,19,21). The SMILES string of the molecule is CN(C)c1ncccc1CNC(=O)C(N)c1ccccc1. The molecule has 0 aliphatic rings. The van der Waals surface area contributed by atoms with Gasteiger partial charge in [0, 0.05) is 32.4 Å². The summed E-state index contributed by atoms with van der Waals surface area (Å²) in [5.41, 5.74) is 7.72. The first-order chi connectivity index (χ1) is 10.1. The second kappa shape index (κ2) is 6.85. The first kappa shape index (κ1) is 15.0. The molecule has 1 aromatic carbocycles. The molecule has 1 heterocycles. The van der Waals surface area contributed by atoms with Crippen molar-refractivity contribution < 1.29 is 4.79 Å². The Morgan fingerprint density at radius 3 is 2.62 bits per heavy atom. The first-order valence-corrected chi connectivity index (χ1v) is 6.79. The highest BCUT2D eigenvalue weighted by Gasteiger charge is 2.15. The van der Waals surface area contributed by atoms with Crippen molar-refractivity contribution in [3.63, 3.8) is 0 Å². The molecule has 1 atom stereocenters. The summed E-state index contributed by atoms with van der Waals surface area (Å²) in [5.74, 6) is 0.640. The summed E-state index contributed by atoms with van der Waals surface area (Å²) in [6.07, 6.45) is 1.73. The van der Waals surface area contributed by atoms with Crippen molar-refractivity contribution in [2.45, 2.75) is 12.6 Å². The molecule has 1 unspecified atom stereocenters. The van der Waals surface area contributed by atoms with E-state index in [0.29, 0.717) is 6.54 Å². The molecule has 0 radical (unpaired) electrons. The van der Waals surface area contributed by atoms with Crippen LogP contribution in [0.15, 0.2) is 48.7 Å². The summed E-state index contributed by atoms with van der Waals surface area (Å²) in [6, 6.07) is 12.5. The molecule has 5 nitrogen and oxygen atoms in total. The smallest absolute Gasteiger partial charge is 0.241 e. The number of hydrogen-bond donors (Lipinski definition) is 2. The Bertz CT molecular complexity index is 598. The van der Waals surface area contributed by atoms with Crippen molar-refractivity contribution in [1.82, 2.24) is 10.3 Å². The van der Waals surface area contributed by atoms with Crippen molar-refractivity contribution in [3.8, 4) is 0 Å². The number of pyridine rings is 1. The normalized spacial score (nSPS) is 11.8. The zero-order valence-electron chi connectivity index (χ0n) is 12.3. The number of aromatic nitrogens is 1. The predicted octanol–water partition coefficient (Wildman–Crippen LogP) is 1.46. The summed E-state index contributed by atoms with van der Waals surface area (Å²) in [5, 5.41) is 2.86. The van der Waals surface area contributed by atoms with E-state index in [2.05, 4.69) is 10.3 Å². The van der Waals surface area contributed by atoms with Gasteiger partial charge in [-0.1, -0.05) is 36.4 Å². The summed E-state index contributed by atoms with van der Waals surface area (Å²) >= 11 is 0. The molecular formula is C16H20N4O. The average molecular weight is 284 g/mol. The van der Waals surface area contributed by atoms with E-state index in [1.807, 2.05) is 61.5 Å². The van der Waals surface area contributed by atoms with Gasteiger partial charge in [0.15, 0.2) is 0 Å². The molecule has 1 aromatic heterocycles. The minimum Gasteiger partial charge on any atom is -0.362 e. The van der Waals surface area contributed by atoms with Crippen molar-refractivity contribution in [1.29, 1.82) is 0 Å².